The van der Waals surface area contributed by atoms with Gasteiger partial charge in [-0.2, -0.15) is 0 Å². The number of nitrogens with one attached hydrogen (secondary N) is 2. The van der Waals surface area contributed by atoms with E-state index in [2.05, 4.69) is 10.6 Å². The van der Waals surface area contributed by atoms with Crippen molar-refractivity contribution < 1.29 is 19.1 Å². The number of carbonyl (C=O) groups excluding carboxylic acids is 3. The Kier molecular flexibility index (Phi) is 7.34. The summed E-state index contributed by atoms with van der Waals surface area (Å²) < 4.78 is 4.80. The fraction of sp³-hybridized carbons (Fsp3) is 0.824. The van der Waals surface area contributed by atoms with Crippen LogP contribution in [0.3, 0.4) is 0 Å². The molecule has 7 nitrogen and oxygen atoms in total. The molecule has 1 aliphatic heterocycles. The lowest BCUT2D eigenvalue weighted by Crippen LogP contribution is -2.45. The van der Waals surface area contributed by atoms with E-state index in [9.17, 15) is 14.4 Å². The molecule has 3 amide bonds. The van der Waals surface area contributed by atoms with Gasteiger partial charge in [-0.1, -0.05) is 25.7 Å². The van der Waals surface area contributed by atoms with Crippen LogP contribution in [0.4, 0.5) is 4.79 Å². The molecular formula is C17H29N3O4. The van der Waals surface area contributed by atoms with Gasteiger partial charge < -0.3 is 20.3 Å². The Labute approximate surface area is 143 Å². The highest BCUT2D eigenvalue weighted by Crippen LogP contribution is 2.25. The third kappa shape index (κ3) is 5.69. The van der Waals surface area contributed by atoms with Gasteiger partial charge in [0.15, 0.2) is 0 Å². The molecule has 1 saturated carbocycles. The van der Waals surface area contributed by atoms with Crippen LogP contribution in [0.5, 0.6) is 0 Å². The molecule has 1 heterocycles. The normalized spacial score (nSPS) is 22.1. The van der Waals surface area contributed by atoms with Crippen molar-refractivity contribution >= 4 is 17.9 Å². The largest absolute Gasteiger partial charge is 0.466 e. The standard InChI is InChI=1S/C17H29N3O4/c1-2-24-16(22)9-10-18-17(23)19-13-11-15(21)20(12-13)14-7-5-3-4-6-8-14/h13-14H,2-12H2,1H3,(H2,18,19,23). The minimum atomic E-state index is -0.334. The first-order valence-electron chi connectivity index (χ1n) is 9.09. The summed E-state index contributed by atoms with van der Waals surface area (Å²) in [7, 11) is 0. The van der Waals surface area contributed by atoms with Crippen LogP contribution >= 0.6 is 0 Å². The minimum absolute atomic E-state index is 0.138. The van der Waals surface area contributed by atoms with E-state index in [-0.39, 0.29) is 36.9 Å². The van der Waals surface area contributed by atoms with E-state index in [4.69, 9.17) is 4.74 Å². The summed E-state index contributed by atoms with van der Waals surface area (Å²) in [4.78, 5) is 37.3. The van der Waals surface area contributed by atoms with E-state index in [0.29, 0.717) is 25.6 Å². The Morgan fingerprint density at radius 1 is 1.21 bits per heavy atom. The highest BCUT2D eigenvalue weighted by atomic mass is 16.5. The molecule has 1 atom stereocenters. The van der Waals surface area contributed by atoms with Gasteiger partial charge in [0.2, 0.25) is 5.91 Å². The molecule has 0 aromatic carbocycles. The number of rotatable bonds is 6. The predicted molar refractivity (Wildman–Crippen MR) is 89.4 cm³/mol. The lowest BCUT2D eigenvalue weighted by molar-refractivity contribution is -0.142. The monoisotopic (exact) mass is 339 g/mol. The average molecular weight is 339 g/mol. The van der Waals surface area contributed by atoms with Gasteiger partial charge in [-0.15, -0.1) is 0 Å². The lowest BCUT2D eigenvalue weighted by Gasteiger charge is -2.27. The number of urea groups is 1. The lowest BCUT2D eigenvalue weighted by atomic mass is 10.1. The second-order valence-corrected chi connectivity index (χ2v) is 6.55. The van der Waals surface area contributed by atoms with Gasteiger partial charge in [-0.3, -0.25) is 9.59 Å². The molecule has 2 fully saturated rings. The maximum atomic E-state index is 12.2. The highest BCUT2D eigenvalue weighted by molar-refractivity contribution is 5.82. The van der Waals surface area contributed by atoms with E-state index in [1.807, 2.05) is 4.90 Å². The Bertz CT molecular complexity index is 447. The molecular weight excluding hydrogens is 310 g/mol. The molecule has 24 heavy (non-hydrogen) atoms. The smallest absolute Gasteiger partial charge is 0.315 e. The van der Waals surface area contributed by atoms with Crippen molar-refractivity contribution in [2.45, 2.75) is 70.4 Å². The summed E-state index contributed by atoms with van der Waals surface area (Å²) in [6.07, 6.45) is 7.53. The van der Waals surface area contributed by atoms with E-state index in [0.717, 1.165) is 12.8 Å². The zero-order chi connectivity index (χ0) is 17.4. The van der Waals surface area contributed by atoms with Crippen LogP contribution in [0.15, 0.2) is 0 Å². The van der Waals surface area contributed by atoms with Crippen LogP contribution in [-0.4, -0.2) is 54.6 Å². The van der Waals surface area contributed by atoms with Crippen molar-refractivity contribution in [3.05, 3.63) is 0 Å². The molecule has 0 bridgehead atoms. The first kappa shape index (κ1) is 18.5. The van der Waals surface area contributed by atoms with Gasteiger partial charge in [0, 0.05) is 25.6 Å². The Balaban J connectivity index is 1.70. The average Bonchev–Trinajstić information content (AvgIpc) is 2.75. The minimum Gasteiger partial charge on any atom is -0.466 e. The number of likely N-dealkylation sites (tertiary alicyclic amines) is 1. The maximum Gasteiger partial charge on any atom is 0.315 e. The van der Waals surface area contributed by atoms with E-state index in [1.165, 1.54) is 25.7 Å². The predicted octanol–water partition coefficient (Wildman–Crippen LogP) is 1.56. The number of amides is 3. The summed E-state index contributed by atoms with van der Waals surface area (Å²) >= 11 is 0. The molecule has 1 saturated heterocycles. The third-order valence-electron chi connectivity index (χ3n) is 4.68. The summed E-state index contributed by atoms with van der Waals surface area (Å²) in [6, 6.07) is -0.151. The fourth-order valence-electron chi connectivity index (χ4n) is 3.50. The van der Waals surface area contributed by atoms with Crippen LogP contribution in [0, 0.1) is 0 Å². The van der Waals surface area contributed by atoms with Gasteiger partial charge in [-0.25, -0.2) is 4.79 Å². The van der Waals surface area contributed by atoms with E-state index < -0.39 is 0 Å². The van der Waals surface area contributed by atoms with Crippen molar-refractivity contribution in [3.63, 3.8) is 0 Å². The molecule has 1 unspecified atom stereocenters. The molecule has 7 heteroatoms. The van der Waals surface area contributed by atoms with Crippen LogP contribution in [0.1, 0.15) is 58.3 Å². The summed E-state index contributed by atoms with van der Waals surface area (Å²) in [5.74, 6) is -0.188. The zero-order valence-corrected chi connectivity index (χ0v) is 14.5. The summed E-state index contributed by atoms with van der Waals surface area (Å²) in [5, 5.41) is 5.47. The first-order chi connectivity index (χ1) is 11.6. The van der Waals surface area contributed by atoms with Gasteiger partial charge in [0.25, 0.3) is 0 Å². The van der Waals surface area contributed by atoms with Gasteiger partial charge in [0.1, 0.15) is 0 Å². The second-order valence-electron chi connectivity index (χ2n) is 6.55. The third-order valence-corrected chi connectivity index (χ3v) is 4.68. The van der Waals surface area contributed by atoms with Crippen LogP contribution in [0.2, 0.25) is 0 Å². The second kappa shape index (κ2) is 9.49. The summed E-state index contributed by atoms with van der Waals surface area (Å²) in [5.41, 5.74) is 0. The van der Waals surface area contributed by atoms with Crippen molar-refractivity contribution in [1.82, 2.24) is 15.5 Å². The maximum absolute atomic E-state index is 12.2. The Morgan fingerprint density at radius 2 is 1.92 bits per heavy atom. The van der Waals surface area contributed by atoms with Crippen molar-refractivity contribution in [3.8, 4) is 0 Å². The highest BCUT2D eigenvalue weighted by Gasteiger charge is 2.35. The molecule has 2 N–H and O–H groups in total. The molecule has 136 valence electrons. The SMILES string of the molecule is CCOC(=O)CCNC(=O)NC1CC(=O)N(C2CCCCCC2)C1. The van der Waals surface area contributed by atoms with E-state index in [1.54, 1.807) is 6.92 Å². The molecule has 0 aromatic heterocycles. The summed E-state index contributed by atoms with van der Waals surface area (Å²) in [6.45, 7) is 2.91. The number of hydrogen-bond acceptors (Lipinski definition) is 4. The van der Waals surface area contributed by atoms with Crippen LogP contribution < -0.4 is 10.6 Å². The molecule has 2 rings (SSSR count). The van der Waals surface area contributed by atoms with Crippen molar-refractivity contribution in [2.24, 2.45) is 0 Å². The van der Waals surface area contributed by atoms with Crippen molar-refractivity contribution in [2.75, 3.05) is 19.7 Å². The van der Waals surface area contributed by atoms with Crippen molar-refractivity contribution in [1.29, 1.82) is 0 Å². The molecule has 0 radical (unpaired) electrons. The van der Waals surface area contributed by atoms with Gasteiger partial charge in [0.05, 0.1) is 19.1 Å². The Hall–Kier alpha value is -1.79. The number of nitrogens with zero attached hydrogens (tertiary/aromatic N) is 1. The first-order valence-corrected chi connectivity index (χ1v) is 9.09. The molecule has 1 aliphatic carbocycles. The Morgan fingerprint density at radius 3 is 2.58 bits per heavy atom. The number of esters is 1. The molecule has 0 spiro atoms. The number of carbonyl (C=O) groups is 3. The topological polar surface area (TPSA) is 87.7 Å². The van der Waals surface area contributed by atoms with Gasteiger partial charge in [-0.05, 0) is 19.8 Å². The van der Waals surface area contributed by atoms with Crippen LogP contribution in [0.25, 0.3) is 0 Å². The number of hydrogen-bond donors (Lipinski definition) is 2. The van der Waals surface area contributed by atoms with E-state index >= 15 is 0 Å². The van der Waals surface area contributed by atoms with Crippen LogP contribution in [-0.2, 0) is 14.3 Å². The molecule has 2 aliphatic rings. The number of ether oxygens (including phenoxy) is 1. The quantitative estimate of drug-likeness (QED) is 0.568. The molecule has 0 aromatic rings. The zero-order valence-electron chi connectivity index (χ0n) is 14.5. The fourth-order valence-corrected chi connectivity index (χ4v) is 3.50. The van der Waals surface area contributed by atoms with Gasteiger partial charge >= 0.3 is 12.0 Å².